The first-order valence-electron chi connectivity index (χ1n) is 35.1. The quantitative estimate of drug-likeness (QED) is 0.140. The fraction of sp³-hybridized carbons (Fsp3) is 0.130. The van der Waals surface area contributed by atoms with Gasteiger partial charge in [0.2, 0.25) is 0 Å². The van der Waals surface area contributed by atoms with E-state index in [9.17, 15) is 0 Å². The molecule has 18 rings (SSSR count). The van der Waals surface area contributed by atoms with Crippen LogP contribution in [0.25, 0.3) is 165 Å². The van der Waals surface area contributed by atoms with Gasteiger partial charge in [0, 0.05) is 76.6 Å². The zero-order valence-corrected chi connectivity index (χ0v) is 60.2. The number of fused-ring (bicyclic) bond motifs is 12. The lowest BCUT2D eigenvalue weighted by Gasteiger charge is -2.20. The molecule has 0 fully saturated rings. The average molecular weight is 1350 g/mol. The van der Waals surface area contributed by atoms with Gasteiger partial charge in [0.1, 0.15) is 23.3 Å². The van der Waals surface area contributed by atoms with Crippen molar-refractivity contribution in [1.82, 2.24) is 48.2 Å². The number of rotatable bonds is 8. The minimum Gasteiger partial charge on any atom is -0.310 e. The Morgan fingerprint density at radius 2 is 0.462 bits per heavy atom. The van der Waals surface area contributed by atoms with Crippen molar-refractivity contribution in [2.75, 3.05) is 0 Å². The average Bonchev–Trinajstić information content (AvgIpc) is 1.55. The first-order valence-corrected chi connectivity index (χ1v) is 35.1. The minimum absolute atomic E-state index is 0.583. The van der Waals surface area contributed by atoms with Crippen molar-refractivity contribution in [3.05, 3.63) is 309 Å². The van der Waals surface area contributed by atoms with E-state index in [2.05, 4.69) is 287 Å². The third-order valence-electron chi connectivity index (χ3n) is 20.3. The van der Waals surface area contributed by atoms with Crippen molar-refractivity contribution < 1.29 is 0 Å². The molecule has 6 heterocycles. The van der Waals surface area contributed by atoms with Crippen LogP contribution in [-0.2, 0) is 0 Å². The lowest BCUT2D eigenvalue weighted by Crippen LogP contribution is -2.04. The van der Waals surface area contributed by atoms with E-state index >= 15 is 0 Å². The van der Waals surface area contributed by atoms with E-state index in [-0.39, 0.29) is 0 Å². The second kappa shape index (κ2) is 24.9. The van der Waals surface area contributed by atoms with Gasteiger partial charge < -0.3 is 18.3 Å². The number of hydrogen-bond donors (Lipinski definition) is 0. The van der Waals surface area contributed by atoms with Gasteiger partial charge in [-0.1, -0.05) is 140 Å². The summed E-state index contributed by atoms with van der Waals surface area (Å²) in [7, 11) is 0. The maximum atomic E-state index is 8.10. The third kappa shape index (κ3) is 10.9. The molecule has 0 saturated carbocycles. The van der Waals surface area contributed by atoms with Gasteiger partial charge in [-0.05, 0) is 212 Å². The predicted molar refractivity (Wildman–Crippen MR) is 428 cm³/mol. The summed E-state index contributed by atoms with van der Waals surface area (Å²) in [6.45, 7) is 40.9. The van der Waals surface area contributed by atoms with Crippen LogP contribution < -0.4 is 0 Å². The largest absolute Gasteiger partial charge is 0.310 e. The number of benzene rings is 12. The van der Waals surface area contributed by atoms with E-state index in [1.807, 2.05) is 52.0 Å². The Labute approximate surface area is 603 Å². The SMILES string of the molecule is [C-]#[N+]c1ccc(-c2ccc(-c3nc(C)nc(C)n3)cc2-n2c3cc(C)ccc3c3ccc(C)cc32)c(-n2c3cc(C)ccc3c3ccc(C)cc32)c1.[C-]#[N+]c1ccc(-n2c3cc(C)ccc3c3ccc(C)cc32)c(-c2ccc(-c3nc(C)nc(C)n3)cc2-n2c3cc(C)ccc3c3ccc(C)cc32)c1. The van der Waals surface area contributed by atoms with Crippen LogP contribution in [0.1, 0.15) is 67.8 Å². The van der Waals surface area contributed by atoms with Gasteiger partial charge in [0.25, 0.3) is 0 Å². The summed E-state index contributed by atoms with van der Waals surface area (Å²) in [5, 5.41) is 9.53. The molecule has 0 spiro atoms. The van der Waals surface area contributed by atoms with Crippen LogP contribution in [0.5, 0.6) is 0 Å². The molecule has 6 aromatic heterocycles. The standard InChI is InChI=1S/2C46H36N6/c1-26-8-14-34-35-15-9-27(2)21-42(35)51(41(34)20-26)40-19-13-33(47-7)25-39(40)38-18-12-32(46-49-30(5)48-31(6)50-46)24-45(38)52-43-22-28(3)10-16-36(43)37-17-11-29(4)23-44(37)52;1-26-8-14-34-35-15-9-27(2)21-41(35)51(40(34)20-26)44-24-32(46-49-30(5)48-31(6)50-46)12-18-38(44)39-19-13-33(47-7)25-45(39)52-42-22-28(3)10-16-36(42)37-17-11-29(4)23-43(37)52/h2*8-25H,1-6H3. The van der Waals surface area contributed by atoms with Gasteiger partial charge in [0.05, 0.1) is 74.3 Å². The Hall–Kier alpha value is -13.2. The fourth-order valence-corrected chi connectivity index (χ4v) is 15.7. The Morgan fingerprint density at radius 1 is 0.221 bits per heavy atom. The molecule has 0 aliphatic heterocycles. The molecule has 0 saturated heterocycles. The first kappa shape index (κ1) is 64.2. The monoisotopic (exact) mass is 1340 g/mol. The topological polar surface area (TPSA) is 106 Å². The van der Waals surface area contributed by atoms with Crippen molar-refractivity contribution in [3.63, 3.8) is 0 Å². The summed E-state index contributed by atoms with van der Waals surface area (Å²) >= 11 is 0. The molecule has 0 radical (unpaired) electrons. The van der Waals surface area contributed by atoms with E-state index in [0.717, 1.165) is 100 Å². The second-order valence-corrected chi connectivity index (χ2v) is 28.1. The van der Waals surface area contributed by atoms with Gasteiger partial charge in [-0.3, -0.25) is 0 Å². The van der Waals surface area contributed by atoms with Crippen LogP contribution in [0.4, 0.5) is 11.4 Å². The van der Waals surface area contributed by atoms with Gasteiger partial charge in [-0.2, -0.15) is 0 Å². The maximum absolute atomic E-state index is 8.10. The summed E-state index contributed by atoms with van der Waals surface area (Å²) < 4.78 is 9.52. The van der Waals surface area contributed by atoms with Gasteiger partial charge >= 0.3 is 0 Å². The highest BCUT2D eigenvalue weighted by molar-refractivity contribution is 6.14. The smallest absolute Gasteiger partial charge is 0.189 e. The summed E-state index contributed by atoms with van der Waals surface area (Å²) in [4.78, 5) is 35.9. The number of aromatic nitrogens is 10. The summed E-state index contributed by atoms with van der Waals surface area (Å²) in [6.07, 6.45) is 0. The Kier molecular flexibility index (Phi) is 15.4. The Bertz CT molecular complexity index is 6520. The molecule has 500 valence electrons. The molecule has 0 aliphatic rings. The van der Waals surface area contributed by atoms with Crippen LogP contribution in [0.3, 0.4) is 0 Å². The highest BCUT2D eigenvalue weighted by atomic mass is 15.1. The van der Waals surface area contributed by atoms with E-state index < -0.39 is 0 Å². The normalized spacial score (nSPS) is 11.6. The van der Waals surface area contributed by atoms with E-state index in [1.165, 1.54) is 87.6 Å². The lowest BCUT2D eigenvalue weighted by molar-refractivity contribution is 0.927. The van der Waals surface area contributed by atoms with Gasteiger partial charge in [-0.15, -0.1) is 0 Å². The van der Waals surface area contributed by atoms with E-state index in [1.54, 1.807) is 0 Å². The highest BCUT2D eigenvalue weighted by Gasteiger charge is 2.26. The molecule has 0 aliphatic carbocycles. The molecule has 0 bridgehead atoms. The van der Waals surface area contributed by atoms with Crippen LogP contribution >= 0.6 is 0 Å². The molecule has 12 aromatic carbocycles. The van der Waals surface area contributed by atoms with Crippen LogP contribution in [-0.4, -0.2) is 48.2 Å². The van der Waals surface area contributed by atoms with Crippen molar-refractivity contribution in [3.8, 4) is 67.8 Å². The second-order valence-electron chi connectivity index (χ2n) is 28.1. The predicted octanol–water partition coefficient (Wildman–Crippen LogP) is 23.6. The summed E-state index contributed by atoms with van der Waals surface area (Å²) in [5.74, 6) is 4.01. The highest BCUT2D eigenvalue weighted by Crippen LogP contribution is 2.47. The molecule has 12 heteroatoms. The molecule has 0 amide bonds. The van der Waals surface area contributed by atoms with Gasteiger partial charge in [-0.25, -0.2) is 39.6 Å². The molecule has 0 atom stereocenters. The Balaban J connectivity index is 0.000000154. The van der Waals surface area contributed by atoms with Crippen molar-refractivity contribution in [1.29, 1.82) is 0 Å². The molecule has 0 N–H and O–H groups in total. The van der Waals surface area contributed by atoms with E-state index in [4.69, 9.17) is 33.1 Å². The molecule has 0 unspecified atom stereocenters. The summed E-state index contributed by atoms with van der Waals surface area (Å²) in [5.41, 5.74) is 29.4. The van der Waals surface area contributed by atoms with Crippen molar-refractivity contribution in [2.45, 2.75) is 83.1 Å². The lowest BCUT2D eigenvalue weighted by atomic mass is 9.97. The maximum Gasteiger partial charge on any atom is 0.189 e. The van der Waals surface area contributed by atoms with Crippen molar-refractivity contribution >= 4 is 98.6 Å². The molecular formula is C92H72N12. The van der Waals surface area contributed by atoms with Crippen LogP contribution in [0.15, 0.2) is 218 Å². The number of nitrogens with zero attached hydrogens (tertiary/aromatic N) is 12. The Morgan fingerprint density at radius 3 is 0.750 bits per heavy atom. The first-order chi connectivity index (χ1) is 50.3. The minimum atomic E-state index is 0.583. The van der Waals surface area contributed by atoms with Crippen LogP contribution in [0.2, 0.25) is 0 Å². The zero-order chi connectivity index (χ0) is 71.7. The number of hydrogen-bond acceptors (Lipinski definition) is 6. The zero-order valence-electron chi connectivity index (χ0n) is 60.2. The third-order valence-corrected chi connectivity index (χ3v) is 20.3. The number of aryl methyl sites for hydroxylation is 12. The molecule has 104 heavy (non-hydrogen) atoms. The van der Waals surface area contributed by atoms with E-state index in [0.29, 0.717) is 46.3 Å². The van der Waals surface area contributed by atoms with Crippen LogP contribution in [0, 0.1) is 96.2 Å². The molecule has 12 nitrogen and oxygen atoms in total. The molecular weight excluding hydrogens is 1270 g/mol. The molecule has 18 aromatic rings. The summed E-state index contributed by atoms with van der Waals surface area (Å²) in [6, 6.07) is 78.7. The van der Waals surface area contributed by atoms with Crippen molar-refractivity contribution in [2.24, 2.45) is 0 Å². The fourth-order valence-electron chi connectivity index (χ4n) is 15.7. The van der Waals surface area contributed by atoms with Gasteiger partial charge in [0.15, 0.2) is 23.0 Å².